The molecule has 1 aromatic rings. The summed E-state index contributed by atoms with van der Waals surface area (Å²) in [6, 6.07) is 7.93. The van der Waals surface area contributed by atoms with E-state index >= 15 is 0 Å². The van der Waals surface area contributed by atoms with Gasteiger partial charge in [0.15, 0.2) is 0 Å². The Balaban J connectivity index is 2.23. The molecule has 0 aliphatic heterocycles. The van der Waals surface area contributed by atoms with Gasteiger partial charge in [0.1, 0.15) is 0 Å². The largest absolute Gasteiger partial charge is 0.330 e. The van der Waals surface area contributed by atoms with Crippen molar-refractivity contribution in [3.05, 3.63) is 34.9 Å². The van der Waals surface area contributed by atoms with E-state index in [1.54, 1.807) is 0 Å². The van der Waals surface area contributed by atoms with E-state index in [0.29, 0.717) is 0 Å². The summed E-state index contributed by atoms with van der Waals surface area (Å²) in [5.41, 5.74) is 7.16. The minimum atomic E-state index is 0.229. The van der Waals surface area contributed by atoms with Gasteiger partial charge in [-0.25, -0.2) is 0 Å². The van der Waals surface area contributed by atoms with Crippen molar-refractivity contribution < 1.29 is 0 Å². The molecule has 0 bridgehead atoms. The molecule has 3 heteroatoms. The fourth-order valence-corrected chi connectivity index (χ4v) is 1.49. The molecule has 0 spiro atoms. The van der Waals surface area contributed by atoms with Gasteiger partial charge in [-0.2, -0.15) is 0 Å². The van der Waals surface area contributed by atoms with Gasteiger partial charge in [0.25, 0.3) is 0 Å². The van der Waals surface area contributed by atoms with E-state index in [0.717, 1.165) is 31.1 Å². The van der Waals surface area contributed by atoms with Gasteiger partial charge in [-0.15, -0.1) is 0 Å². The van der Waals surface area contributed by atoms with Crippen LogP contribution in [0, 0.1) is 5.41 Å². The van der Waals surface area contributed by atoms with Crippen molar-refractivity contribution in [1.29, 1.82) is 0 Å². The molecule has 0 aliphatic carbocycles. The van der Waals surface area contributed by atoms with Gasteiger partial charge in [0.05, 0.1) is 0 Å². The first-order valence-electron chi connectivity index (χ1n) is 5.69. The van der Waals surface area contributed by atoms with E-state index in [1.165, 1.54) is 5.56 Å². The maximum atomic E-state index is 5.82. The molecule has 0 radical (unpaired) electrons. The normalized spacial score (nSPS) is 11.8. The van der Waals surface area contributed by atoms with Crippen LogP contribution in [0.25, 0.3) is 0 Å². The lowest BCUT2D eigenvalue weighted by atomic mass is 9.90. The minimum Gasteiger partial charge on any atom is -0.330 e. The zero-order chi connectivity index (χ0) is 12.0. The van der Waals surface area contributed by atoms with Gasteiger partial charge in [-0.3, -0.25) is 0 Å². The number of halogens is 1. The number of nitrogens with one attached hydrogen (secondary N) is 1. The summed E-state index contributed by atoms with van der Waals surface area (Å²) >= 11 is 5.82. The van der Waals surface area contributed by atoms with Crippen molar-refractivity contribution in [2.24, 2.45) is 11.1 Å². The highest BCUT2D eigenvalue weighted by molar-refractivity contribution is 6.30. The van der Waals surface area contributed by atoms with Crippen LogP contribution in [0.3, 0.4) is 0 Å². The zero-order valence-corrected chi connectivity index (χ0v) is 10.8. The Morgan fingerprint density at radius 3 is 2.44 bits per heavy atom. The van der Waals surface area contributed by atoms with Crippen LogP contribution in [-0.4, -0.2) is 13.1 Å². The lowest BCUT2D eigenvalue weighted by molar-refractivity contribution is 0.339. The van der Waals surface area contributed by atoms with Crippen molar-refractivity contribution in [3.8, 4) is 0 Å². The summed E-state index contributed by atoms with van der Waals surface area (Å²) in [6.45, 7) is 6.99. The molecule has 90 valence electrons. The van der Waals surface area contributed by atoms with E-state index in [1.807, 2.05) is 24.3 Å². The molecule has 1 aromatic carbocycles. The Morgan fingerprint density at radius 1 is 1.25 bits per heavy atom. The van der Waals surface area contributed by atoms with Crippen LogP contribution in [0.1, 0.15) is 25.8 Å². The molecule has 0 unspecified atom stereocenters. The van der Waals surface area contributed by atoms with Crippen molar-refractivity contribution in [3.63, 3.8) is 0 Å². The third-order valence-electron chi connectivity index (χ3n) is 2.77. The van der Waals surface area contributed by atoms with Crippen molar-refractivity contribution >= 4 is 11.6 Å². The quantitative estimate of drug-likeness (QED) is 0.751. The molecule has 3 N–H and O–H groups in total. The second kappa shape index (κ2) is 6.24. The smallest absolute Gasteiger partial charge is 0.0406 e. The predicted octanol–water partition coefficient (Wildman–Crippen LogP) is 2.80. The SMILES string of the molecule is CC(C)(CN)CCNCc1ccc(Cl)cc1. The Bertz CT molecular complexity index is 306. The maximum Gasteiger partial charge on any atom is 0.0406 e. The highest BCUT2D eigenvalue weighted by atomic mass is 35.5. The Morgan fingerprint density at radius 2 is 1.88 bits per heavy atom. The molecule has 0 aliphatic rings. The Hall–Kier alpha value is -0.570. The fraction of sp³-hybridized carbons (Fsp3) is 0.538. The summed E-state index contributed by atoms with van der Waals surface area (Å²) in [7, 11) is 0. The lowest BCUT2D eigenvalue weighted by Crippen LogP contribution is -2.28. The van der Waals surface area contributed by atoms with Crippen LogP contribution < -0.4 is 11.1 Å². The third kappa shape index (κ3) is 4.97. The van der Waals surface area contributed by atoms with Crippen LogP contribution >= 0.6 is 11.6 Å². The summed E-state index contributed by atoms with van der Waals surface area (Å²) in [6.07, 6.45) is 1.09. The van der Waals surface area contributed by atoms with E-state index < -0.39 is 0 Å². The first-order valence-corrected chi connectivity index (χ1v) is 6.06. The topological polar surface area (TPSA) is 38.0 Å². The van der Waals surface area contributed by atoms with Gasteiger partial charge in [0.2, 0.25) is 0 Å². The maximum absolute atomic E-state index is 5.82. The first-order chi connectivity index (χ1) is 7.53. The van der Waals surface area contributed by atoms with Crippen molar-refractivity contribution in [2.75, 3.05) is 13.1 Å². The average molecular weight is 241 g/mol. The molecule has 0 saturated heterocycles. The van der Waals surface area contributed by atoms with Gasteiger partial charge in [-0.05, 0) is 42.6 Å². The summed E-state index contributed by atoms with van der Waals surface area (Å²) < 4.78 is 0. The summed E-state index contributed by atoms with van der Waals surface area (Å²) in [4.78, 5) is 0. The minimum absolute atomic E-state index is 0.229. The molecular formula is C13H21ClN2. The van der Waals surface area contributed by atoms with Gasteiger partial charge in [0, 0.05) is 11.6 Å². The van der Waals surface area contributed by atoms with Crippen LogP contribution in [-0.2, 0) is 6.54 Å². The highest BCUT2D eigenvalue weighted by Crippen LogP contribution is 2.16. The van der Waals surface area contributed by atoms with E-state index in [9.17, 15) is 0 Å². The number of rotatable bonds is 6. The zero-order valence-electron chi connectivity index (χ0n) is 10.1. The van der Waals surface area contributed by atoms with Crippen LogP contribution in [0.5, 0.6) is 0 Å². The lowest BCUT2D eigenvalue weighted by Gasteiger charge is -2.22. The molecule has 0 aromatic heterocycles. The Kier molecular flexibility index (Phi) is 5.26. The molecule has 16 heavy (non-hydrogen) atoms. The number of nitrogens with two attached hydrogens (primary N) is 1. The van der Waals surface area contributed by atoms with Crippen molar-refractivity contribution in [1.82, 2.24) is 5.32 Å². The monoisotopic (exact) mass is 240 g/mol. The molecule has 0 atom stereocenters. The molecule has 0 amide bonds. The summed E-state index contributed by atoms with van der Waals surface area (Å²) in [5.74, 6) is 0. The van der Waals surface area contributed by atoms with E-state index in [-0.39, 0.29) is 5.41 Å². The Labute approximate surface area is 103 Å². The van der Waals surface area contributed by atoms with Crippen LogP contribution in [0.4, 0.5) is 0 Å². The van der Waals surface area contributed by atoms with Crippen molar-refractivity contribution in [2.45, 2.75) is 26.8 Å². The standard InChI is InChI=1S/C13H21ClN2/c1-13(2,10-15)7-8-16-9-11-3-5-12(14)6-4-11/h3-6,16H,7-10,15H2,1-2H3. The molecular weight excluding hydrogens is 220 g/mol. The number of hydrogen-bond acceptors (Lipinski definition) is 2. The number of hydrogen-bond donors (Lipinski definition) is 2. The fourth-order valence-electron chi connectivity index (χ4n) is 1.36. The van der Waals surface area contributed by atoms with Crippen LogP contribution in [0.2, 0.25) is 5.02 Å². The average Bonchev–Trinajstić information content (AvgIpc) is 2.27. The molecule has 0 saturated carbocycles. The second-order valence-corrected chi connectivity index (χ2v) is 5.36. The highest BCUT2D eigenvalue weighted by Gasteiger charge is 2.14. The van der Waals surface area contributed by atoms with Gasteiger partial charge >= 0.3 is 0 Å². The van der Waals surface area contributed by atoms with E-state index in [4.69, 9.17) is 17.3 Å². The van der Waals surface area contributed by atoms with Gasteiger partial charge < -0.3 is 11.1 Å². The second-order valence-electron chi connectivity index (χ2n) is 4.92. The summed E-state index contributed by atoms with van der Waals surface area (Å²) in [5, 5.41) is 4.20. The van der Waals surface area contributed by atoms with Crippen LogP contribution in [0.15, 0.2) is 24.3 Å². The molecule has 0 fully saturated rings. The first kappa shape index (κ1) is 13.5. The van der Waals surface area contributed by atoms with Gasteiger partial charge in [-0.1, -0.05) is 37.6 Å². The molecule has 2 nitrogen and oxygen atoms in total. The predicted molar refractivity (Wildman–Crippen MR) is 70.6 cm³/mol. The molecule has 0 heterocycles. The third-order valence-corrected chi connectivity index (χ3v) is 3.03. The molecule has 1 rings (SSSR count). The number of benzene rings is 1. The van der Waals surface area contributed by atoms with E-state index in [2.05, 4.69) is 19.2 Å².